The monoisotopic (exact) mass is 672 g/mol. The first kappa shape index (κ1) is 50.4. The van der Waals surface area contributed by atoms with Crippen LogP contribution in [0.25, 0.3) is 0 Å². The lowest BCUT2D eigenvalue weighted by Gasteiger charge is -2.21. The Morgan fingerprint density at radius 3 is 1.53 bits per heavy atom. The number of ether oxygens (including phenoxy) is 2. The summed E-state index contributed by atoms with van der Waals surface area (Å²) in [5.41, 5.74) is 0. The predicted octanol–water partition coefficient (Wildman–Crippen LogP) is 11.6. The summed E-state index contributed by atoms with van der Waals surface area (Å²) in [4.78, 5) is 24.9. The molecule has 284 valence electrons. The van der Waals surface area contributed by atoms with Gasteiger partial charge in [0.1, 0.15) is 12.4 Å². The second-order valence-electron chi connectivity index (χ2n) is 13.1. The highest BCUT2D eigenvalue weighted by molar-refractivity contribution is 5.69. The van der Waals surface area contributed by atoms with Crippen LogP contribution in [-0.2, 0) is 19.1 Å². The Bertz CT molecular complexity index is 588. The van der Waals surface area contributed by atoms with E-state index in [2.05, 4.69) is 32.6 Å². The molecule has 0 fully saturated rings. The van der Waals surface area contributed by atoms with Crippen molar-refractivity contribution in [3.63, 3.8) is 0 Å². The van der Waals surface area contributed by atoms with E-state index in [9.17, 15) is 14.7 Å². The second-order valence-corrected chi connectivity index (χ2v) is 13.1. The molecule has 0 aromatic carbocycles. The fourth-order valence-corrected chi connectivity index (χ4v) is 5.70. The van der Waals surface area contributed by atoms with Gasteiger partial charge in [-0.25, -0.2) is 0 Å². The SMILES string of the molecule is CC.CCCCCC(CCCC)OC.CCCCCC(CCCC)OC(=O)CCCCCCCN(CCO)CCCCCCCC=O. The Labute approximate surface area is 294 Å². The largest absolute Gasteiger partial charge is 0.462 e. The standard InChI is InChI=1S/C28H55NO4.C11H24O.C2H6/c1-3-5-14-20-27(19-6-4-2)33-28(32)21-15-10-9-12-17-23-29(24-26-31)22-16-11-7-8-13-18-25-30;1-4-6-8-10-11(12-3)9-7-5-2;1-2/h25,27,31H,3-24,26H2,1-2H3;11H,4-10H2,1-3H3;1-2H3. The topological polar surface area (TPSA) is 76.1 Å². The molecule has 0 aromatic rings. The molecule has 6 nitrogen and oxygen atoms in total. The summed E-state index contributed by atoms with van der Waals surface area (Å²) >= 11 is 0. The van der Waals surface area contributed by atoms with Gasteiger partial charge < -0.3 is 24.3 Å². The van der Waals surface area contributed by atoms with E-state index in [4.69, 9.17) is 9.47 Å². The van der Waals surface area contributed by atoms with Crippen LogP contribution in [0.5, 0.6) is 0 Å². The molecule has 0 rings (SSSR count). The Kier molecular flexibility index (Phi) is 48.3. The van der Waals surface area contributed by atoms with Crippen LogP contribution in [-0.4, -0.2) is 67.8 Å². The number of aldehydes is 1. The minimum absolute atomic E-state index is 0.00659. The van der Waals surface area contributed by atoms with Crippen molar-refractivity contribution in [3.05, 3.63) is 0 Å². The van der Waals surface area contributed by atoms with Crippen LogP contribution in [0.15, 0.2) is 0 Å². The molecule has 0 spiro atoms. The number of esters is 1. The van der Waals surface area contributed by atoms with E-state index < -0.39 is 0 Å². The Morgan fingerprint density at radius 2 is 1.04 bits per heavy atom. The van der Waals surface area contributed by atoms with Gasteiger partial charge in [0, 0.05) is 26.5 Å². The number of hydrogen-bond donors (Lipinski definition) is 1. The number of rotatable bonds is 34. The Morgan fingerprint density at radius 1 is 0.596 bits per heavy atom. The van der Waals surface area contributed by atoms with Gasteiger partial charge in [-0.15, -0.1) is 0 Å². The third-order valence-corrected chi connectivity index (χ3v) is 8.72. The molecule has 0 saturated heterocycles. The summed E-state index contributed by atoms with van der Waals surface area (Å²) in [6.45, 7) is 16.0. The molecule has 0 aliphatic carbocycles. The van der Waals surface area contributed by atoms with Gasteiger partial charge in [0.25, 0.3) is 0 Å². The van der Waals surface area contributed by atoms with Crippen molar-refractivity contribution in [2.45, 2.75) is 221 Å². The average molecular weight is 672 g/mol. The molecule has 6 heteroatoms. The number of nitrogens with zero attached hydrogens (tertiary/aromatic N) is 1. The maximum Gasteiger partial charge on any atom is 0.306 e. The lowest BCUT2D eigenvalue weighted by molar-refractivity contribution is -0.150. The van der Waals surface area contributed by atoms with Crippen molar-refractivity contribution in [1.29, 1.82) is 0 Å². The first-order valence-electron chi connectivity index (χ1n) is 20.5. The zero-order chi connectivity index (χ0) is 35.6. The molecule has 0 aromatic heterocycles. The molecule has 0 amide bonds. The maximum atomic E-state index is 12.2. The van der Waals surface area contributed by atoms with Crippen molar-refractivity contribution in [2.75, 3.05) is 33.4 Å². The Hall–Kier alpha value is -0.980. The van der Waals surface area contributed by atoms with Gasteiger partial charge >= 0.3 is 5.97 Å². The van der Waals surface area contributed by atoms with E-state index in [1.807, 2.05) is 21.0 Å². The summed E-state index contributed by atoms with van der Waals surface area (Å²) in [5, 5.41) is 9.31. The summed E-state index contributed by atoms with van der Waals surface area (Å²) in [6.07, 6.45) is 31.1. The van der Waals surface area contributed by atoms with Gasteiger partial charge in [-0.1, -0.05) is 138 Å². The second kappa shape index (κ2) is 45.0. The minimum atomic E-state index is -0.00659. The minimum Gasteiger partial charge on any atom is -0.462 e. The van der Waals surface area contributed by atoms with Crippen LogP contribution in [0, 0.1) is 0 Å². The molecule has 0 bridgehead atoms. The van der Waals surface area contributed by atoms with Gasteiger partial charge in [0.2, 0.25) is 0 Å². The maximum absolute atomic E-state index is 12.2. The summed E-state index contributed by atoms with van der Waals surface area (Å²) in [7, 11) is 1.84. The highest BCUT2D eigenvalue weighted by Gasteiger charge is 2.14. The first-order valence-corrected chi connectivity index (χ1v) is 20.5. The molecule has 0 aliphatic rings. The third kappa shape index (κ3) is 41.1. The molecule has 0 radical (unpaired) electrons. The van der Waals surface area contributed by atoms with E-state index in [0.717, 1.165) is 96.5 Å². The Balaban J connectivity index is -0.00000115. The quantitative estimate of drug-likeness (QED) is 0.0417. The van der Waals surface area contributed by atoms with Crippen LogP contribution in [0.4, 0.5) is 0 Å². The van der Waals surface area contributed by atoms with Crippen molar-refractivity contribution >= 4 is 12.3 Å². The predicted molar refractivity (Wildman–Crippen MR) is 204 cm³/mol. The van der Waals surface area contributed by atoms with Crippen LogP contribution in [0.1, 0.15) is 208 Å². The van der Waals surface area contributed by atoms with Crippen LogP contribution in [0.2, 0.25) is 0 Å². The number of unbranched alkanes of at least 4 members (excludes halogenated alkanes) is 15. The average Bonchev–Trinajstić information content (AvgIpc) is 3.09. The summed E-state index contributed by atoms with van der Waals surface area (Å²) in [5.74, 6) is -0.00659. The van der Waals surface area contributed by atoms with Gasteiger partial charge in [0.15, 0.2) is 0 Å². The fourth-order valence-electron chi connectivity index (χ4n) is 5.70. The molecular formula is C41H85NO5. The van der Waals surface area contributed by atoms with E-state index in [-0.39, 0.29) is 18.7 Å². The van der Waals surface area contributed by atoms with Crippen molar-refractivity contribution in [3.8, 4) is 0 Å². The molecule has 0 aliphatic heterocycles. The summed E-state index contributed by atoms with van der Waals surface area (Å²) in [6, 6.07) is 0. The smallest absolute Gasteiger partial charge is 0.306 e. The van der Waals surface area contributed by atoms with Crippen molar-refractivity contribution in [2.24, 2.45) is 0 Å². The number of aliphatic hydroxyl groups is 1. The van der Waals surface area contributed by atoms with E-state index in [1.165, 1.54) is 83.5 Å². The zero-order valence-electron chi connectivity index (χ0n) is 33.0. The van der Waals surface area contributed by atoms with Gasteiger partial charge in [-0.05, 0) is 70.9 Å². The molecule has 2 unspecified atom stereocenters. The molecule has 47 heavy (non-hydrogen) atoms. The molecule has 0 saturated carbocycles. The first-order chi connectivity index (χ1) is 23.0. The van der Waals surface area contributed by atoms with Crippen molar-refractivity contribution < 1.29 is 24.2 Å². The summed E-state index contributed by atoms with van der Waals surface area (Å²) < 4.78 is 11.2. The zero-order valence-corrected chi connectivity index (χ0v) is 33.0. The van der Waals surface area contributed by atoms with E-state index in [1.54, 1.807) is 0 Å². The van der Waals surface area contributed by atoms with Gasteiger partial charge in [0.05, 0.1) is 12.7 Å². The van der Waals surface area contributed by atoms with Gasteiger partial charge in [-0.3, -0.25) is 4.79 Å². The number of hydrogen-bond acceptors (Lipinski definition) is 6. The molecule has 0 heterocycles. The molecular weight excluding hydrogens is 586 g/mol. The fraction of sp³-hybridized carbons (Fsp3) is 0.951. The molecule has 1 N–H and O–H groups in total. The number of aliphatic hydroxyl groups excluding tert-OH is 1. The van der Waals surface area contributed by atoms with E-state index in [0.29, 0.717) is 18.9 Å². The highest BCUT2D eigenvalue weighted by Crippen LogP contribution is 2.16. The van der Waals surface area contributed by atoms with Crippen LogP contribution in [0.3, 0.4) is 0 Å². The lowest BCUT2D eigenvalue weighted by Crippen LogP contribution is -2.29. The molecule has 2 atom stereocenters. The van der Waals surface area contributed by atoms with Crippen LogP contribution < -0.4 is 0 Å². The third-order valence-electron chi connectivity index (χ3n) is 8.72. The van der Waals surface area contributed by atoms with Crippen LogP contribution >= 0.6 is 0 Å². The highest BCUT2D eigenvalue weighted by atomic mass is 16.5. The number of carbonyl (C=O) groups excluding carboxylic acids is 2. The number of carbonyl (C=O) groups is 2. The normalized spacial score (nSPS) is 12.1. The number of methoxy groups -OCH3 is 1. The van der Waals surface area contributed by atoms with Crippen molar-refractivity contribution in [1.82, 2.24) is 4.90 Å². The van der Waals surface area contributed by atoms with Gasteiger partial charge in [-0.2, -0.15) is 0 Å². The lowest BCUT2D eigenvalue weighted by atomic mass is 10.1. The van der Waals surface area contributed by atoms with E-state index >= 15 is 0 Å².